The van der Waals surface area contributed by atoms with Crippen molar-refractivity contribution in [3.63, 3.8) is 0 Å². The van der Waals surface area contributed by atoms with Crippen molar-refractivity contribution in [1.82, 2.24) is 15.6 Å². The zero-order valence-corrected chi connectivity index (χ0v) is 10.9. The van der Waals surface area contributed by atoms with Gasteiger partial charge in [0.2, 0.25) is 5.91 Å². The van der Waals surface area contributed by atoms with E-state index >= 15 is 0 Å². The van der Waals surface area contributed by atoms with Crippen LogP contribution in [0.5, 0.6) is 0 Å². The lowest BCUT2D eigenvalue weighted by molar-refractivity contribution is -0.121. The Labute approximate surface area is 103 Å². The average molecular weight is 235 g/mol. The first kappa shape index (κ1) is 13.6. The van der Waals surface area contributed by atoms with Gasteiger partial charge in [-0.2, -0.15) is 0 Å². The predicted molar refractivity (Wildman–Crippen MR) is 68.6 cm³/mol. The molecule has 0 saturated carbocycles. The summed E-state index contributed by atoms with van der Waals surface area (Å²) in [7, 11) is 0. The molecule has 1 unspecified atom stereocenters. The predicted octanol–water partition coefficient (Wildman–Crippen LogP) is 1.65. The number of aromatic nitrogens is 1. The normalized spacial score (nSPS) is 13.2. The molecule has 0 fully saturated rings. The van der Waals surface area contributed by atoms with Crippen LogP contribution in [0.4, 0.5) is 0 Å². The monoisotopic (exact) mass is 235 g/mol. The van der Waals surface area contributed by atoms with E-state index in [0.29, 0.717) is 6.54 Å². The van der Waals surface area contributed by atoms with E-state index in [9.17, 15) is 4.79 Å². The molecule has 1 aromatic heterocycles. The second-order valence-corrected chi connectivity index (χ2v) is 5.17. The highest BCUT2D eigenvalue weighted by molar-refractivity contribution is 5.78. The molecular weight excluding hydrogens is 214 g/mol. The molecule has 0 aromatic carbocycles. The maximum Gasteiger partial charge on any atom is 0.234 e. The molecule has 1 aromatic rings. The van der Waals surface area contributed by atoms with E-state index in [4.69, 9.17) is 0 Å². The molecule has 1 rings (SSSR count). The third kappa shape index (κ3) is 5.45. The fourth-order valence-electron chi connectivity index (χ4n) is 1.37. The summed E-state index contributed by atoms with van der Waals surface area (Å²) in [4.78, 5) is 15.6. The SMILES string of the molecule is CC(NC(=O)CNC(C)(C)C)c1ccncc1. The van der Waals surface area contributed by atoms with Gasteiger partial charge >= 0.3 is 0 Å². The molecule has 0 radical (unpaired) electrons. The van der Waals surface area contributed by atoms with Gasteiger partial charge < -0.3 is 10.6 Å². The van der Waals surface area contributed by atoms with E-state index in [1.165, 1.54) is 0 Å². The number of pyridine rings is 1. The average Bonchev–Trinajstić information content (AvgIpc) is 2.27. The van der Waals surface area contributed by atoms with Crippen LogP contribution in [-0.4, -0.2) is 23.0 Å². The van der Waals surface area contributed by atoms with E-state index in [1.54, 1.807) is 12.4 Å². The zero-order valence-electron chi connectivity index (χ0n) is 10.9. The number of nitrogens with one attached hydrogen (secondary N) is 2. The van der Waals surface area contributed by atoms with Gasteiger partial charge in [0, 0.05) is 17.9 Å². The summed E-state index contributed by atoms with van der Waals surface area (Å²) in [5.74, 6) is 0.00392. The van der Waals surface area contributed by atoms with Gasteiger partial charge in [-0.15, -0.1) is 0 Å². The van der Waals surface area contributed by atoms with Crippen molar-refractivity contribution in [2.75, 3.05) is 6.54 Å². The smallest absolute Gasteiger partial charge is 0.234 e. The molecule has 0 aliphatic carbocycles. The molecule has 2 N–H and O–H groups in total. The lowest BCUT2D eigenvalue weighted by Crippen LogP contribution is -2.43. The van der Waals surface area contributed by atoms with Crippen LogP contribution in [-0.2, 0) is 4.79 Å². The van der Waals surface area contributed by atoms with Crippen molar-refractivity contribution in [1.29, 1.82) is 0 Å². The first-order chi connectivity index (χ1) is 7.88. The van der Waals surface area contributed by atoms with E-state index in [1.807, 2.05) is 39.8 Å². The van der Waals surface area contributed by atoms with Crippen LogP contribution in [0, 0.1) is 0 Å². The quantitative estimate of drug-likeness (QED) is 0.834. The topological polar surface area (TPSA) is 54.0 Å². The molecule has 0 saturated heterocycles. The largest absolute Gasteiger partial charge is 0.348 e. The maximum absolute atomic E-state index is 11.7. The molecule has 0 bridgehead atoms. The molecule has 1 amide bonds. The number of hydrogen-bond donors (Lipinski definition) is 2. The summed E-state index contributed by atoms with van der Waals surface area (Å²) in [5.41, 5.74) is 1.01. The Balaban J connectivity index is 2.42. The molecule has 4 heteroatoms. The number of rotatable bonds is 4. The third-order valence-electron chi connectivity index (χ3n) is 2.36. The molecule has 0 spiro atoms. The van der Waals surface area contributed by atoms with Gasteiger partial charge in [-0.1, -0.05) is 0 Å². The van der Waals surface area contributed by atoms with Gasteiger partial charge in [-0.05, 0) is 45.4 Å². The van der Waals surface area contributed by atoms with Crippen LogP contribution in [0.3, 0.4) is 0 Å². The van der Waals surface area contributed by atoms with Crippen molar-refractivity contribution in [3.05, 3.63) is 30.1 Å². The minimum Gasteiger partial charge on any atom is -0.348 e. The van der Waals surface area contributed by atoms with Gasteiger partial charge in [0.05, 0.1) is 12.6 Å². The fraction of sp³-hybridized carbons (Fsp3) is 0.538. The van der Waals surface area contributed by atoms with Crippen LogP contribution >= 0.6 is 0 Å². The van der Waals surface area contributed by atoms with E-state index in [-0.39, 0.29) is 17.5 Å². The Hall–Kier alpha value is -1.42. The van der Waals surface area contributed by atoms with Crippen LogP contribution in [0.1, 0.15) is 39.3 Å². The van der Waals surface area contributed by atoms with Gasteiger partial charge in [0.15, 0.2) is 0 Å². The number of carbonyl (C=O) groups is 1. The van der Waals surface area contributed by atoms with Gasteiger partial charge in [0.25, 0.3) is 0 Å². The maximum atomic E-state index is 11.7. The lowest BCUT2D eigenvalue weighted by Gasteiger charge is -2.21. The Morgan fingerprint density at radius 2 is 1.94 bits per heavy atom. The van der Waals surface area contributed by atoms with Crippen molar-refractivity contribution in [2.45, 2.75) is 39.3 Å². The highest BCUT2D eigenvalue weighted by Crippen LogP contribution is 2.09. The third-order valence-corrected chi connectivity index (χ3v) is 2.36. The van der Waals surface area contributed by atoms with Crippen molar-refractivity contribution in [3.8, 4) is 0 Å². The highest BCUT2D eigenvalue weighted by Gasteiger charge is 2.13. The first-order valence-electron chi connectivity index (χ1n) is 5.83. The molecular formula is C13H21N3O. The van der Waals surface area contributed by atoms with Gasteiger partial charge in [0.1, 0.15) is 0 Å². The summed E-state index contributed by atoms with van der Waals surface area (Å²) >= 11 is 0. The summed E-state index contributed by atoms with van der Waals surface area (Å²) in [6, 6.07) is 3.82. The summed E-state index contributed by atoms with van der Waals surface area (Å²) < 4.78 is 0. The summed E-state index contributed by atoms with van der Waals surface area (Å²) in [5, 5.41) is 6.09. The van der Waals surface area contributed by atoms with Crippen molar-refractivity contribution >= 4 is 5.91 Å². The second-order valence-electron chi connectivity index (χ2n) is 5.17. The standard InChI is InChI=1S/C13H21N3O/c1-10(11-5-7-14-8-6-11)16-12(17)9-15-13(2,3)4/h5-8,10,15H,9H2,1-4H3,(H,16,17). The Kier molecular flexibility index (Phi) is 4.63. The van der Waals surface area contributed by atoms with Crippen LogP contribution in [0.25, 0.3) is 0 Å². The Morgan fingerprint density at radius 3 is 2.47 bits per heavy atom. The molecule has 0 aliphatic rings. The molecule has 1 heterocycles. The fourth-order valence-corrected chi connectivity index (χ4v) is 1.37. The molecule has 4 nitrogen and oxygen atoms in total. The molecule has 17 heavy (non-hydrogen) atoms. The van der Waals surface area contributed by atoms with Crippen LogP contribution in [0.2, 0.25) is 0 Å². The summed E-state index contributed by atoms with van der Waals surface area (Å²) in [6.07, 6.45) is 3.46. The second kappa shape index (κ2) is 5.77. The number of hydrogen-bond acceptors (Lipinski definition) is 3. The van der Waals surface area contributed by atoms with E-state index in [0.717, 1.165) is 5.56 Å². The van der Waals surface area contributed by atoms with Crippen LogP contribution in [0.15, 0.2) is 24.5 Å². The number of nitrogens with zero attached hydrogens (tertiary/aromatic N) is 1. The highest BCUT2D eigenvalue weighted by atomic mass is 16.1. The Bertz CT molecular complexity index is 357. The van der Waals surface area contributed by atoms with Crippen LogP contribution < -0.4 is 10.6 Å². The van der Waals surface area contributed by atoms with Crippen molar-refractivity contribution in [2.24, 2.45) is 0 Å². The van der Waals surface area contributed by atoms with E-state index in [2.05, 4.69) is 15.6 Å². The van der Waals surface area contributed by atoms with E-state index < -0.39 is 0 Å². The molecule has 1 atom stereocenters. The van der Waals surface area contributed by atoms with Gasteiger partial charge in [-0.3, -0.25) is 9.78 Å². The summed E-state index contributed by atoms with van der Waals surface area (Å²) in [6.45, 7) is 8.40. The first-order valence-corrected chi connectivity index (χ1v) is 5.83. The number of amides is 1. The number of carbonyl (C=O) groups excluding carboxylic acids is 1. The molecule has 94 valence electrons. The Morgan fingerprint density at radius 1 is 1.35 bits per heavy atom. The lowest BCUT2D eigenvalue weighted by atomic mass is 10.1. The van der Waals surface area contributed by atoms with Crippen molar-refractivity contribution < 1.29 is 4.79 Å². The minimum absolute atomic E-state index is 0.00392. The zero-order chi connectivity index (χ0) is 12.9. The van der Waals surface area contributed by atoms with Gasteiger partial charge in [-0.25, -0.2) is 0 Å². The minimum atomic E-state index is -0.0444. The molecule has 0 aliphatic heterocycles.